The van der Waals surface area contributed by atoms with Gasteiger partial charge < -0.3 is 15.3 Å². The van der Waals surface area contributed by atoms with Crippen LogP contribution in [0.15, 0.2) is 47.6 Å². The van der Waals surface area contributed by atoms with Crippen LogP contribution >= 0.6 is 0 Å². The molecule has 3 nitrogen and oxygen atoms in total. The molecule has 0 saturated heterocycles. The van der Waals surface area contributed by atoms with E-state index in [4.69, 9.17) is 0 Å². The molecule has 3 aliphatic carbocycles. The number of hydrogen-bond donors (Lipinski definition) is 3. The second kappa shape index (κ2) is 12.6. The molecule has 3 N–H and O–H groups in total. The third kappa shape index (κ3) is 7.78. The van der Waals surface area contributed by atoms with E-state index >= 15 is 0 Å². The summed E-state index contributed by atoms with van der Waals surface area (Å²) in [5.41, 5.74) is -4.69. The maximum Gasteiger partial charge on any atom is 0.429 e. The molecule has 2 unspecified atom stereocenters. The number of alkyl halides is 7. The summed E-state index contributed by atoms with van der Waals surface area (Å²) in [4.78, 5) is 0. The molecule has 3 aliphatic rings. The Morgan fingerprint density at radius 1 is 0.977 bits per heavy atom. The van der Waals surface area contributed by atoms with E-state index < -0.39 is 41.2 Å². The molecule has 0 aromatic rings. The lowest BCUT2D eigenvalue weighted by atomic mass is 9.55. The third-order valence-corrected chi connectivity index (χ3v) is 10.4. The quantitative estimate of drug-likeness (QED) is 0.177. The Morgan fingerprint density at radius 2 is 1.60 bits per heavy atom. The van der Waals surface area contributed by atoms with Gasteiger partial charge in [0.05, 0.1) is 11.7 Å². The molecular weight excluding hydrogens is 577 g/mol. The molecule has 3 fully saturated rings. The van der Waals surface area contributed by atoms with Crippen LogP contribution in [0.1, 0.15) is 98.3 Å². The molecule has 0 amide bonds. The van der Waals surface area contributed by atoms with Crippen LogP contribution in [0.2, 0.25) is 0 Å². The molecule has 0 aromatic heterocycles. The molecule has 10 heteroatoms. The molecule has 0 bridgehead atoms. The fourth-order valence-electron chi connectivity index (χ4n) is 8.01. The first-order valence-electron chi connectivity index (χ1n) is 15.2. The van der Waals surface area contributed by atoms with Gasteiger partial charge in [0.15, 0.2) is 0 Å². The molecule has 0 heterocycles. The Hall–Kier alpha value is -1.65. The first-order valence-corrected chi connectivity index (χ1v) is 15.2. The Kier molecular flexibility index (Phi) is 10.5. The normalized spacial score (nSPS) is 32.9. The summed E-state index contributed by atoms with van der Waals surface area (Å²) in [5.74, 6) is 0.0882. The minimum Gasteiger partial charge on any atom is -0.393 e. The first kappa shape index (κ1) is 35.8. The second-order valence-corrected chi connectivity index (χ2v) is 14.3. The third-order valence-electron chi connectivity index (χ3n) is 10.4. The largest absolute Gasteiger partial charge is 0.429 e. The van der Waals surface area contributed by atoms with Gasteiger partial charge >= 0.3 is 12.4 Å². The van der Waals surface area contributed by atoms with E-state index in [1.54, 1.807) is 13.8 Å². The Labute approximate surface area is 250 Å². The minimum atomic E-state index is -5.93. The summed E-state index contributed by atoms with van der Waals surface area (Å²) in [5, 5.41) is 30.0. The van der Waals surface area contributed by atoms with Crippen molar-refractivity contribution in [2.24, 2.45) is 22.7 Å². The van der Waals surface area contributed by atoms with Gasteiger partial charge in [0.1, 0.15) is 6.17 Å². The van der Waals surface area contributed by atoms with Crippen LogP contribution < -0.4 is 0 Å². The molecule has 43 heavy (non-hydrogen) atoms. The zero-order valence-corrected chi connectivity index (χ0v) is 25.6. The monoisotopic (exact) mass is 624 g/mol. The molecular formula is C33H47F7O3. The fraction of sp³-hybridized carbons (Fsp3) is 0.758. The highest BCUT2D eigenvalue weighted by molar-refractivity contribution is 5.39. The minimum absolute atomic E-state index is 0.0267. The summed E-state index contributed by atoms with van der Waals surface area (Å²) < 4.78 is 94.4. The molecule has 0 aromatic carbocycles. The smallest absolute Gasteiger partial charge is 0.393 e. The molecule has 246 valence electrons. The standard InChI is InChI=1S/C33H47F7O3/c1-21-23(19-24(41)20-26(21)34)11-10-22-9-6-17-30(5)25(22)12-13-27(30)29(4,15-7-14-28(2,3)42)16-8-18-31(43,32(35,36)37)33(38,39)40/h8,10-11,18,24-27,41-43H,1,6-7,9,12-17,19-20H2,2-5H3/t24?,25?,26-,27+,29+,30-/m0/s1. The van der Waals surface area contributed by atoms with Crippen LogP contribution in [0, 0.1) is 22.7 Å². The number of allylic oxidation sites excluding steroid dienone is 5. The van der Waals surface area contributed by atoms with Crippen molar-refractivity contribution in [3.05, 3.63) is 47.6 Å². The molecule has 3 saturated carbocycles. The van der Waals surface area contributed by atoms with Crippen molar-refractivity contribution in [3.63, 3.8) is 0 Å². The van der Waals surface area contributed by atoms with Crippen LogP contribution in [0.25, 0.3) is 0 Å². The van der Waals surface area contributed by atoms with Crippen LogP contribution in [-0.4, -0.2) is 51.1 Å². The zero-order chi connectivity index (χ0) is 32.6. The fourth-order valence-corrected chi connectivity index (χ4v) is 8.01. The van der Waals surface area contributed by atoms with Gasteiger partial charge in [-0.05, 0) is 112 Å². The van der Waals surface area contributed by atoms with Crippen molar-refractivity contribution >= 4 is 0 Å². The first-order chi connectivity index (χ1) is 19.5. The predicted octanol–water partition coefficient (Wildman–Crippen LogP) is 8.85. The summed E-state index contributed by atoms with van der Waals surface area (Å²) in [7, 11) is 0. The maximum atomic E-state index is 14.3. The summed E-state index contributed by atoms with van der Waals surface area (Å²) >= 11 is 0. The van der Waals surface area contributed by atoms with Crippen molar-refractivity contribution in [3.8, 4) is 0 Å². The number of aliphatic hydroxyl groups is 3. The number of rotatable bonds is 9. The van der Waals surface area contributed by atoms with Crippen molar-refractivity contribution in [1.82, 2.24) is 0 Å². The van der Waals surface area contributed by atoms with E-state index in [0.29, 0.717) is 36.8 Å². The number of fused-ring (bicyclic) bond motifs is 1. The van der Waals surface area contributed by atoms with E-state index in [1.165, 1.54) is 5.57 Å². The SMILES string of the molecule is C=C1C(=CC=C2CCC[C@@]3(C)C2CC[C@@H]3[C@@](C)(CC=CC(O)(C(F)(F)F)C(F)(F)F)CCCC(C)(C)O)CC(O)C[C@@H]1F. The van der Waals surface area contributed by atoms with E-state index in [9.17, 15) is 46.1 Å². The molecule has 0 spiro atoms. The highest BCUT2D eigenvalue weighted by atomic mass is 19.4. The zero-order valence-electron chi connectivity index (χ0n) is 25.6. The topological polar surface area (TPSA) is 60.7 Å². The lowest BCUT2D eigenvalue weighted by molar-refractivity contribution is -0.347. The Balaban J connectivity index is 1.93. The molecule has 3 rings (SSSR count). The average molecular weight is 625 g/mol. The van der Waals surface area contributed by atoms with E-state index in [-0.39, 0.29) is 36.2 Å². The lowest BCUT2D eigenvalue weighted by Crippen LogP contribution is -2.55. The van der Waals surface area contributed by atoms with Crippen LogP contribution in [0.5, 0.6) is 0 Å². The summed E-state index contributed by atoms with van der Waals surface area (Å²) in [6, 6.07) is 0. The predicted molar refractivity (Wildman–Crippen MR) is 153 cm³/mol. The highest BCUT2D eigenvalue weighted by Crippen LogP contribution is 2.64. The van der Waals surface area contributed by atoms with Gasteiger partial charge in [0.2, 0.25) is 0 Å². The number of halogens is 7. The van der Waals surface area contributed by atoms with Crippen LogP contribution in [-0.2, 0) is 0 Å². The van der Waals surface area contributed by atoms with Crippen molar-refractivity contribution in [2.75, 3.05) is 0 Å². The second-order valence-electron chi connectivity index (χ2n) is 14.3. The van der Waals surface area contributed by atoms with Gasteiger partial charge in [-0.1, -0.05) is 50.6 Å². The molecule has 6 atom stereocenters. The summed E-state index contributed by atoms with van der Waals surface area (Å²) in [6.07, 6.45) is -3.71. The number of hydrogen-bond acceptors (Lipinski definition) is 3. The highest BCUT2D eigenvalue weighted by Gasteiger charge is 2.69. The van der Waals surface area contributed by atoms with Crippen molar-refractivity contribution in [1.29, 1.82) is 0 Å². The lowest BCUT2D eigenvalue weighted by Gasteiger charge is -2.49. The van der Waals surface area contributed by atoms with Gasteiger partial charge in [-0.15, -0.1) is 0 Å². The van der Waals surface area contributed by atoms with Crippen LogP contribution in [0.3, 0.4) is 0 Å². The summed E-state index contributed by atoms with van der Waals surface area (Å²) in [6.45, 7) is 11.2. The Morgan fingerprint density at radius 3 is 2.19 bits per heavy atom. The average Bonchev–Trinajstić information content (AvgIpc) is 3.21. The van der Waals surface area contributed by atoms with Gasteiger partial charge in [-0.2, -0.15) is 26.3 Å². The number of aliphatic hydroxyl groups excluding tert-OH is 1. The Bertz CT molecular complexity index is 1080. The molecule has 0 aliphatic heterocycles. The van der Waals surface area contributed by atoms with Gasteiger partial charge in [0.25, 0.3) is 5.60 Å². The van der Waals surface area contributed by atoms with E-state index in [2.05, 4.69) is 13.5 Å². The molecule has 0 radical (unpaired) electrons. The van der Waals surface area contributed by atoms with Gasteiger partial charge in [0, 0.05) is 6.42 Å². The van der Waals surface area contributed by atoms with E-state index in [0.717, 1.165) is 38.2 Å². The van der Waals surface area contributed by atoms with E-state index in [1.807, 2.05) is 19.1 Å². The van der Waals surface area contributed by atoms with Crippen molar-refractivity contribution < 1.29 is 46.1 Å². The maximum absolute atomic E-state index is 14.3. The van der Waals surface area contributed by atoms with Gasteiger partial charge in [-0.25, -0.2) is 4.39 Å². The van der Waals surface area contributed by atoms with Crippen LogP contribution in [0.4, 0.5) is 30.7 Å². The van der Waals surface area contributed by atoms with Gasteiger partial charge in [-0.3, -0.25) is 0 Å². The van der Waals surface area contributed by atoms with Crippen molar-refractivity contribution in [2.45, 2.75) is 134 Å².